The van der Waals surface area contributed by atoms with Gasteiger partial charge in [0.25, 0.3) is 5.91 Å². The number of carbonyl (C=O) groups is 1. The van der Waals surface area contributed by atoms with Crippen molar-refractivity contribution in [3.05, 3.63) is 84.1 Å². The summed E-state index contributed by atoms with van der Waals surface area (Å²) in [6, 6.07) is 20.8. The van der Waals surface area contributed by atoms with E-state index in [1.807, 2.05) is 61.5 Å². The Bertz CT molecular complexity index is 798. The molecular formula is C19H17N3O. The van der Waals surface area contributed by atoms with Crippen LogP contribution >= 0.6 is 0 Å². The second-order valence-corrected chi connectivity index (χ2v) is 5.19. The first-order valence-electron chi connectivity index (χ1n) is 7.37. The molecule has 0 saturated carbocycles. The van der Waals surface area contributed by atoms with Gasteiger partial charge in [0.1, 0.15) is 5.82 Å². The first kappa shape index (κ1) is 14.8. The van der Waals surface area contributed by atoms with E-state index in [2.05, 4.69) is 15.6 Å². The maximum Gasteiger partial charge on any atom is 0.255 e. The summed E-state index contributed by atoms with van der Waals surface area (Å²) >= 11 is 0. The van der Waals surface area contributed by atoms with E-state index in [4.69, 9.17) is 0 Å². The molecule has 0 aliphatic carbocycles. The van der Waals surface area contributed by atoms with E-state index in [-0.39, 0.29) is 5.91 Å². The number of aromatic nitrogens is 1. The number of amides is 1. The number of para-hydroxylation sites is 1. The predicted molar refractivity (Wildman–Crippen MR) is 93.1 cm³/mol. The molecule has 4 heteroatoms. The molecule has 2 aromatic carbocycles. The molecule has 0 fully saturated rings. The van der Waals surface area contributed by atoms with E-state index >= 15 is 0 Å². The lowest BCUT2D eigenvalue weighted by molar-refractivity contribution is 0.102. The molecule has 3 rings (SSSR count). The molecule has 0 aliphatic rings. The Morgan fingerprint density at radius 3 is 2.35 bits per heavy atom. The van der Waals surface area contributed by atoms with E-state index in [1.165, 1.54) is 0 Å². The van der Waals surface area contributed by atoms with Gasteiger partial charge in [0.15, 0.2) is 0 Å². The quantitative estimate of drug-likeness (QED) is 0.751. The highest BCUT2D eigenvalue weighted by atomic mass is 16.1. The molecule has 114 valence electrons. The molecule has 0 atom stereocenters. The number of nitrogens with one attached hydrogen (secondary N) is 2. The van der Waals surface area contributed by atoms with Gasteiger partial charge in [-0.1, -0.05) is 36.4 Å². The third-order valence-electron chi connectivity index (χ3n) is 3.47. The number of pyridine rings is 1. The van der Waals surface area contributed by atoms with Crippen molar-refractivity contribution in [3.63, 3.8) is 0 Å². The third kappa shape index (κ3) is 3.74. The fourth-order valence-corrected chi connectivity index (χ4v) is 2.19. The van der Waals surface area contributed by atoms with Crippen LogP contribution in [-0.4, -0.2) is 10.9 Å². The van der Waals surface area contributed by atoms with Crippen molar-refractivity contribution < 1.29 is 4.79 Å². The van der Waals surface area contributed by atoms with Crippen LogP contribution in [0, 0.1) is 6.92 Å². The van der Waals surface area contributed by atoms with Gasteiger partial charge in [-0.2, -0.15) is 0 Å². The van der Waals surface area contributed by atoms with Crippen molar-refractivity contribution in [1.29, 1.82) is 0 Å². The van der Waals surface area contributed by atoms with Crippen molar-refractivity contribution in [2.45, 2.75) is 6.92 Å². The molecule has 1 amide bonds. The summed E-state index contributed by atoms with van der Waals surface area (Å²) in [6.45, 7) is 2.04. The van der Waals surface area contributed by atoms with Gasteiger partial charge in [-0.3, -0.25) is 4.79 Å². The Kier molecular flexibility index (Phi) is 4.34. The van der Waals surface area contributed by atoms with Crippen LogP contribution in [0.4, 0.5) is 17.2 Å². The van der Waals surface area contributed by atoms with Crippen LogP contribution in [0.1, 0.15) is 15.9 Å². The largest absolute Gasteiger partial charge is 0.340 e. The van der Waals surface area contributed by atoms with E-state index in [9.17, 15) is 4.79 Å². The summed E-state index contributed by atoms with van der Waals surface area (Å²) in [5.41, 5.74) is 3.45. The van der Waals surface area contributed by atoms with Crippen molar-refractivity contribution >= 4 is 23.1 Å². The zero-order valence-electron chi connectivity index (χ0n) is 12.8. The van der Waals surface area contributed by atoms with Crippen LogP contribution in [0.15, 0.2) is 72.9 Å². The smallest absolute Gasteiger partial charge is 0.255 e. The van der Waals surface area contributed by atoms with Gasteiger partial charge in [-0.15, -0.1) is 0 Å². The van der Waals surface area contributed by atoms with Crippen LogP contribution in [0.3, 0.4) is 0 Å². The highest BCUT2D eigenvalue weighted by molar-refractivity contribution is 6.04. The molecule has 0 radical (unpaired) electrons. The molecule has 3 aromatic rings. The average Bonchev–Trinajstić information content (AvgIpc) is 2.59. The van der Waals surface area contributed by atoms with Crippen LogP contribution in [0.25, 0.3) is 0 Å². The Morgan fingerprint density at radius 2 is 1.65 bits per heavy atom. The van der Waals surface area contributed by atoms with Crippen LogP contribution in [-0.2, 0) is 0 Å². The third-order valence-corrected chi connectivity index (χ3v) is 3.47. The minimum atomic E-state index is -0.146. The summed E-state index contributed by atoms with van der Waals surface area (Å²) in [5, 5.41) is 6.09. The average molecular weight is 303 g/mol. The zero-order chi connectivity index (χ0) is 16.1. The fraction of sp³-hybridized carbons (Fsp3) is 0.0526. The molecule has 0 spiro atoms. The first-order valence-corrected chi connectivity index (χ1v) is 7.37. The summed E-state index contributed by atoms with van der Waals surface area (Å²) in [7, 11) is 0. The predicted octanol–water partition coefficient (Wildman–Crippen LogP) is 4.39. The van der Waals surface area contributed by atoms with Crippen molar-refractivity contribution in [1.82, 2.24) is 4.98 Å². The fourth-order valence-electron chi connectivity index (χ4n) is 2.19. The summed E-state index contributed by atoms with van der Waals surface area (Å²) in [5.74, 6) is 0.587. The van der Waals surface area contributed by atoms with Crippen molar-refractivity contribution in [2.24, 2.45) is 0 Å². The maximum absolute atomic E-state index is 12.1. The molecule has 23 heavy (non-hydrogen) atoms. The van der Waals surface area contributed by atoms with Crippen LogP contribution in [0.5, 0.6) is 0 Å². The van der Waals surface area contributed by atoms with E-state index < -0.39 is 0 Å². The SMILES string of the molecule is Cc1ccccc1Nc1ccc(NC(=O)c2ccccc2)cn1. The van der Waals surface area contributed by atoms with Gasteiger partial charge in [-0.25, -0.2) is 4.98 Å². The van der Waals surface area contributed by atoms with Gasteiger partial charge in [0.05, 0.1) is 11.9 Å². The number of rotatable bonds is 4. The summed E-state index contributed by atoms with van der Waals surface area (Å²) < 4.78 is 0. The first-order chi connectivity index (χ1) is 11.2. The molecule has 0 saturated heterocycles. The molecule has 1 aromatic heterocycles. The topological polar surface area (TPSA) is 54.0 Å². The monoisotopic (exact) mass is 303 g/mol. The molecule has 4 nitrogen and oxygen atoms in total. The molecule has 2 N–H and O–H groups in total. The van der Waals surface area contributed by atoms with E-state index in [0.717, 1.165) is 17.1 Å². The summed E-state index contributed by atoms with van der Waals surface area (Å²) in [4.78, 5) is 16.4. The Labute approximate surface area is 135 Å². The molecule has 0 bridgehead atoms. The number of aryl methyl sites for hydroxylation is 1. The summed E-state index contributed by atoms with van der Waals surface area (Å²) in [6.07, 6.45) is 1.64. The highest BCUT2D eigenvalue weighted by Gasteiger charge is 2.05. The number of hydrogen-bond acceptors (Lipinski definition) is 3. The van der Waals surface area contributed by atoms with Gasteiger partial charge in [-0.05, 0) is 42.8 Å². The molecule has 0 unspecified atom stereocenters. The normalized spacial score (nSPS) is 10.1. The van der Waals surface area contributed by atoms with Gasteiger partial charge in [0.2, 0.25) is 0 Å². The minimum absolute atomic E-state index is 0.146. The lowest BCUT2D eigenvalue weighted by Gasteiger charge is -2.09. The number of hydrogen-bond donors (Lipinski definition) is 2. The zero-order valence-corrected chi connectivity index (χ0v) is 12.8. The molecular weight excluding hydrogens is 286 g/mol. The Hall–Kier alpha value is -3.14. The standard InChI is InChI=1S/C19H17N3O/c1-14-7-5-6-10-17(14)22-18-12-11-16(13-20-18)21-19(23)15-8-3-2-4-9-15/h2-13H,1H3,(H,20,22)(H,21,23). The second kappa shape index (κ2) is 6.75. The lowest BCUT2D eigenvalue weighted by atomic mass is 10.2. The second-order valence-electron chi connectivity index (χ2n) is 5.19. The number of carbonyl (C=O) groups excluding carboxylic acids is 1. The minimum Gasteiger partial charge on any atom is -0.340 e. The number of anilines is 3. The molecule has 1 heterocycles. The molecule has 0 aliphatic heterocycles. The Morgan fingerprint density at radius 1 is 0.913 bits per heavy atom. The number of nitrogens with zero attached hydrogens (tertiary/aromatic N) is 1. The maximum atomic E-state index is 12.1. The van der Waals surface area contributed by atoms with Crippen molar-refractivity contribution in [3.8, 4) is 0 Å². The van der Waals surface area contributed by atoms with Gasteiger partial charge >= 0.3 is 0 Å². The highest BCUT2D eigenvalue weighted by Crippen LogP contribution is 2.19. The number of benzene rings is 2. The van der Waals surface area contributed by atoms with Crippen molar-refractivity contribution in [2.75, 3.05) is 10.6 Å². The van der Waals surface area contributed by atoms with E-state index in [0.29, 0.717) is 11.3 Å². The lowest BCUT2D eigenvalue weighted by Crippen LogP contribution is -2.11. The van der Waals surface area contributed by atoms with Gasteiger partial charge in [0, 0.05) is 11.3 Å². The van der Waals surface area contributed by atoms with Crippen LogP contribution in [0.2, 0.25) is 0 Å². The van der Waals surface area contributed by atoms with E-state index in [1.54, 1.807) is 18.3 Å². The Balaban J connectivity index is 1.68. The van der Waals surface area contributed by atoms with Gasteiger partial charge < -0.3 is 10.6 Å². The van der Waals surface area contributed by atoms with Crippen LogP contribution < -0.4 is 10.6 Å².